The molecular formula is C32H47Cl2N5O3. The van der Waals surface area contributed by atoms with Gasteiger partial charge in [-0.3, -0.25) is 14.7 Å². The molecule has 1 amide bonds. The van der Waals surface area contributed by atoms with E-state index in [4.69, 9.17) is 27.9 Å². The van der Waals surface area contributed by atoms with Crippen LogP contribution in [0.15, 0.2) is 18.2 Å². The molecule has 0 radical (unpaired) electrons. The number of carbonyl (C=O) groups excluding carboxylic acids is 2. The summed E-state index contributed by atoms with van der Waals surface area (Å²) in [7, 11) is 0. The molecule has 0 bridgehead atoms. The maximum absolute atomic E-state index is 12.4. The number of ether oxygens (including phenoxy) is 1. The summed E-state index contributed by atoms with van der Waals surface area (Å²) in [4.78, 5) is 29.0. The lowest BCUT2D eigenvalue weighted by Gasteiger charge is -2.16. The highest BCUT2D eigenvalue weighted by Crippen LogP contribution is 2.33. The molecule has 0 spiro atoms. The number of esters is 1. The SMILES string of the molecule is CCCCCCCCCCCCCCOC(=O)CCC(=O)Nc1ccc(-c2nc3c(Cl)c(C(C)(C)C)[nH]n3n2)c(Cl)c1. The summed E-state index contributed by atoms with van der Waals surface area (Å²) >= 11 is 13.0. The second-order valence-electron chi connectivity index (χ2n) is 12.1. The van der Waals surface area contributed by atoms with Crippen molar-refractivity contribution in [1.29, 1.82) is 0 Å². The van der Waals surface area contributed by atoms with Gasteiger partial charge in [-0.25, -0.2) is 4.98 Å². The lowest BCUT2D eigenvalue weighted by molar-refractivity contribution is -0.144. The molecule has 232 valence electrons. The standard InChI is InChI=1S/C32H47Cl2N5O3/c1-5-6-7-8-9-10-11-12-13-14-15-16-21-42-27(41)20-19-26(40)35-23-17-18-24(25(33)22-23)30-36-31-28(34)29(32(2,3)4)37-39(31)38-30/h17-18,22,37H,5-16,19-21H2,1-4H3,(H,35,40). The maximum atomic E-state index is 12.4. The first kappa shape index (κ1) is 33.9. The average Bonchev–Trinajstić information content (AvgIpc) is 3.49. The largest absolute Gasteiger partial charge is 0.466 e. The van der Waals surface area contributed by atoms with Crippen molar-refractivity contribution in [3.8, 4) is 11.4 Å². The molecule has 0 saturated heterocycles. The molecule has 8 nitrogen and oxygen atoms in total. The topological polar surface area (TPSA) is 101 Å². The van der Waals surface area contributed by atoms with Gasteiger partial charge in [0.05, 0.1) is 23.7 Å². The van der Waals surface area contributed by atoms with Gasteiger partial charge in [-0.1, -0.05) is 122 Å². The third-order valence-electron chi connectivity index (χ3n) is 7.30. The number of hydrogen-bond acceptors (Lipinski definition) is 5. The van der Waals surface area contributed by atoms with E-state index in [0.29, 0.717) is 39.4 Å². The van der Waals surface area contributed by atoms with Crippen LogP contribution in [-0.4, -0.2) is 38.3 Å². The number of unbranched alkanes of at least 4 members (excludes halogenated alkanes) is 11. The number of halogens is 2. The zero-order valence-electron chi connectivity index (χ0n) is 25.7. The fraction of sp³-hybridized carbons (Fsp3) is 0.625. The van der Waals surface area contributed by atoms with E-state index in [9.17, 15) is 9.59 Å². The van der Waals surface area contributed by atoms with Crippen molar-refractivity contribution in [2.75, 3.05) is 11.9 Å². The number of fused-ring (bicyclic) bond motifs is 1. The van der Waals surface area contributed by atoms with Crippen LogP contribution in [0.4, 0.5) is 5.69 Å². The summed E-state index contributed by atoms with van der Waals surface area (Å²) in [5.41, 5.74) is 2.33. The van der Waals surface area contributed by atoms with Crippen LogP contribution in [0.25, 0.3) is 17.0 Å². The molecule has 2 aromatic heterocycles. The Kier molecular flexibility index (Phi) is 13.6. The van der Waals surface area contributed by atoms with Crippen molar-refractivity contribution in [2.45, 2.75) is 123 Å². The van der Waals surface area contributed by atoms with E-state index in [-0.39, 0.29) is 30.1 Å². The van der Waals surface area contributed by atoms with E-state index < -0.39 is 0 Å². The van der Waals surface area contributed by atoms with Gasteiger partial charge in [-0.2, -0.15) is 4.63 Å². The smallest absolute Gasteiger partial charge is 0.306 e. The van der Waals surface area contributed by atoms with Crippen LogP contribution in [0.1, 0.15) is 123 Å². The molecule has 0 fully saturated rings. The van der Waals surface area contributed by atoms with Gasteiger partial charge in [-0.15, -0.1) is 5.10 Å². The molecule has 0 aliphatic carbocycles. The number of anilines is 1. The number of carbonyl (C=O) groups is 2. The Hall–Kier alpha value is -2.58. The Morgan fingerprint density at radius 2 is 1.55 bits per heavy atom. The maximum Gasteiger partial charge on any atom is 0.306 e. The van der Waals surface area contributed by atoms with Crippen LogP contribution in [0.3, 0.4) is 0 Å². The zero-order valence-corrected chi connectivity index (χ0v) is 27.2. The van der Waals surface area contributed by atoms with Crippen LogP contribution in [-0.2, 0) is 19.7 Å². The normalized spacial score (nSPS) is 11.8. The zero-order chi connectivity index (χ0) is 30.5. The molecule has 0 saturated carbocycles. The number of benzene rings is 1. The van der Waals surface area contributed by atoms with Crippen LogP contribution in [0.5, 0.6) is 0 Å². The Balaban J connectivity index is 1.31. The lowest BCUT2D eigenvalue weighted by Crippen LogP contribution is -2.15. The number of nitrogens with one attached hydrogen (secondary N) is 2. The Morgan fingerprint density at radius 1 is 0.929 bits per heavy atom. The summed E-state index contributed by atoms with van der Waals surface area (Å²) < 4.78 is 6.85. The quantitative estimate of drug-likeness (QED) is 0.109. The number of hydrogen-bond donors (Lipinski definition) is 2. The van der Waals surface area contributed by atoms with Crippen LogP contribution < -0.4 is 5.32 Å². The van der Waals surface area contributed by atoms with E-state index in [1.807, 2.05) is 0 Å². The summed E-state index contributed by atoms with van der Waals surface area (Å²) in [6, 6.07) is 5.11. The number of rotatable bonds is 18. The van der Waals surface area contributed by atoms with E-state index in [1.54, 1.807) is 22.8 Å². The molecular weight excluding hydrogens is 573 g/mol. The first-order valence-corrected chi connectivity index (χ1v) is 16.3. The molecule has 3 aromatic rings. The third-order valence-corrected chi connectivity index (χ3v) is 7.97. The van der Waals surface area contributed by atoms with Gasteiger partial charge in [-0.05, 0) is 24.6 Å². The van der Waals surface area contributed by atoms with Crippen LogP contribution >= 0.6 is 23.2 Å². The van der Waals surface area contributed by atoms with E-state index in [1.165, 1.54) is 64.2 Å². The number of amides is 1. The van der Waals surface area contributed by atoms with Crippen LogP contribution in [0.2, 0.25) is 10.0 Å². The number of H-pyrrole nitrogens is 1. The minimum absolute atomic E-state index is 0.0396. The van der Waals surface area contributed by atoms with Gasteiger partial charge < -0.3 is 10.1 Å². The van der Waals surface area contributed by atoms with E-state index in [0.717, 1.165) is 18.5 Å². The van der Waals surface area contributed by atoms with E-state index >= 15 is 0 Å². The fourth-order valence-corrected chi connectivity index (χ4v) is 5.54. The Morgan fingerprint density at radius 3 is 2.12 bits per heavy atom. The molecule has 0 atom stereocenters. The van der Waals surface area contributed by atoms with Gasteiger partial charge >= 0.3 is 5.97 Å². The molecule has 3 rings (SSSR count). The molecule has 0 aliphatic rings. The van der Waals surface area contributed by atoms with Gasteiger partial charge in [0, 0.05) is 23.1 Å². The first-order chi connectivity index (χ1) is 20.1. The highest BCUT2D eigenvalue weighted by molar-refractivity contribution is 6.34. The second kappa shape index (κ2) is 16.9. The van der Waals surface area contributed by atoms with Crippen molar-refractivity contribution in [3.63, 3.8) is 0 Å². The van der Waals surface area contributed by atoms with Crippen molar-refractivity contribution < 1.29 is 14.3 Å². The molecule has 42 heavy (non-hydrogen) atoms. The predicted molar refractivity (Wildman–Crippen MR) is 171 cm³/mol. The second-order valence-corrected chi connectivity index (χ2v) is 12.9. The fourth-order valence-electron chi connectivity index (χ4n) is 4.82. The van der Waals surface area contributed by atoms with Gasteiger partial charge in [0.25, 0.3) is 0 Å². The molecule has 0 unspecified atom stereocenters. The molecule has 1 aromatic carbocycles. The predicted octanol–water partition coefficient (Wildman–Crippen LogP) is 9.29. The highest BCUT2D eigenvalue weighted by atomic mass is 35.5. The Labute approximate surface area is 260 Å². The summed E-state index contributed by atoms with van der Waals surface area (Å²) in [6.45, 7) is 8.82. The number of aromatic amines is 1. The molecule has 2 N–H and O–H groups in total. The summed E-state index contributed by atoms with van der Waals surface area (Å²) in [6.07, 6.45) is 15.2. The monoisotopic (exact) mass is 619 g/mol. The molecule has 10 heteroatoms. The van der Waals surface area contributed by atoms with Crippen molar-refractivity contribution in [2.24, 2.45) is 0 Å². The van der Waals surface area contributed by atoms with Crippen LogP contribution in [0, 0.1) is 0 Å². The summed E-state index contributed by atoms with van der Waals surface area (Å²) in [5.74, 6) is -0.213. The van der Waals surface area contributed by atoms with E-state index in [2.05, 4.69) is 48.2 Å². The number of nitrogens with zero attached hydrogens (tertiary/aromatic N) is 3. The van der Waals surface area contributed by atoms with Crippen molar-refractivity contribution in [1.82, 2.24) is 19.8 Å². The first-order valence-electron chi connectivity index (χ1n) is 15.5. The summed E-state index contributed by atoms with van der Waals surface area (Å²) in [5, 5.41) is 11.4. The lowest BCUT2D eigenvalue weighted by atomic mass is 9.92. The highest BCUT2D eigenvalue weighted by Gasteiger charge is 2.24. The van der Waals surface area contributed by atoms with Gasteiger partial charge in [0.2, 0.25) is 5.91 Å². The Bertz CT molecular complexity index is 1300. The third kappa shape index (κ3) is 10.6. The van der Waals surface area contributed by atoms with Gasteiger partial charge in [0.1, 0.15) is 5.02 Å². The molecule has 0 aliphatic heterocycles. The van der Waals surface area contributed by atoms with Gasteiger partial charge in [0.15, 0.2) is 11.5 Å². The average molecular weight is 621 g/mol. The molecule has 2 heterocycles. The van der Waals surface area contributed by atoms with Crippen molar-refractivity contribution >= 4 is 46.4 Å². The minimum atomic E-state index is -0.351. The number of aromatic nitrogens is 4. The minimum Gasteiger partial charge on any atom is -0.466 e. The van der Waals surface area contributed by atoms with Crippen molar-refractivity contribution in [3.05, 3.63) is 33.9 Å².